The standard InChI is InChI=1S/C15H20ClN3O/c1-10(2)5-12(9-18)7-15(20)19-14-6-11(8-17)3-4-13(14)16/h3-4,6,10,12H,5,7,9,18H2,1-2H3,(H,19,20). The third-order valence-electron chi connectivity index (χ3n) is 2.98. The number of nitriles is 1. The van der Waals surface area contributed by atoms with E-state index in [1.165, 1.54) is 0 Å². The molecule has 0 bridgehead atoms. The van der Waals surface area contributed by atoms with Crippen LogP contribution in [-0.4, -0.2) is 12.5 Å². The number of benzene rings is 1. The van der Waals surface area contributed by atoms with Gasteiger partial charge in [-0.05, 0) is 43.0 Å². The molecule has 3 N–H and O–H groups in total. The van der Waals surface area contributed by atoms with Crippen LogP contribution in [0.15, 0.2) is 18.2 Å². The van der Waals surface area contributed by atoms with Gasteiger partial charge in [0.1, 0.15) is 0 Å². The molecule has 1 amide bonds. The van der Waals surface area contributed by atoms with E-state index >= 15 is 0 Å². The number of hydrogen-bond acceptors (Lipinski definition) is 3. The lowest BCUT2D eigenvalue weighted by Crippen LogP contribution is -2.23. The summed E-state index contributed by atoms with van der Waals surface area (Å²) in [4.78, 5) is 12.0. The van der Waals surface area contributed by atoms with Gasteiger partial charge in [-0.3, -0.25) is 4.79 Å². The minimum absolute atomic E-state index is 0.127. The first kappa shape index (κ1) is 16.5. The van der Waals surface area contributed by atoms with Gasteiger partial charge in [-0.1, -0.05) is 25.4 Å². The molecule has 108 valence electrons. The third-order valence-corrected chi connectivity index (χ3v) is 3.31. The van der Waals surface area contributed by atoms with Crippen molar-refractivity contribution in [2.45, 2.75) is 26.7 Å². The van der Waals surface area contributed by atoms with Crippen LogP contribution in [0.2, 0.25) is 5.02 Å². The fourth-order valence-electron chi connectivity index (χ4n) is 2.08. The summed E-state index contributed by atoms with van der Waals surface area (Å²) in [7, 11) is 0. The Balaban J connectivity index is 2.68. The van der Waals surface area contributed by atoms with Crippen LogP contribution in [0.25, 0.3) is 0 Å². The Kier molecular flexibility index (Phi) is 6.50. The third kappa shape index (κ3) is 5.20. The van der Waals surface area contributed by atoms with E-state index in [9.17, 15) is 4.79 Å². The number of amides is 1. The molecule has 0 spiro atoms. The summed E-state index contributed by atoms with van der Waals surface area (Å²) in [6.07, 6.45) is 1.28. The molecule has 0 aliphatic carbocycles. The van der Waals surface area contributed by atoms with Crippen LogP contribution in [0.1, 0.15) is 32.3 Å². The van der Waals surface area contributed by atoms with E-state index < -0.39 is 0 Å². The van der Waals surface area contributed by atoms with Crippen LogP contribution in [0, 0.1) is 23.2 Å². The van der Waals surface area contributed by atoms with Crippen molar-refractivity contribution in [3.63, 3.8) is 0 Å². The van der Waals surface area contributed by atoms with Crippen molar-refractivity contribution in [2.75, 3.05) is 11.9 Å². The lowest BCUT2D eigenvalue weighted by atomic mass is 9.94. The number of rotatable bonds is 6. The van der Waals surface area contributed by atoms with E-state index in [1.54, 1.807) is 18.2 Å². The molecule has 5 heteroatoms. The van der Waals surface area contributed by atoms with Gasteiger partial charge in [0.25, 0.3) is 0 Å². The number of carbonyl (C=O) groups is 1. The van der Waals surface area contributed by atoms with Gasteiger partial charge in [-0.25, -0.2) is 0 Å². The van der Waals surface area contributed by atoms with Crippen LogP contribution < -0.4 is 11.1 Å². The van der Waals surface area contributed by atoms with Gasteiger partial charge < -0.3 is 11.1 Å². The van der Waals surface area contributed by atoms with Gasteiger partial charge in [0.2, 0.25) is 5.91 Å². The highest BCUT2D eigenvalue weighted by atomic mass is 35.5. The number of hydrogen-bond donors (Lipinski definition) is 2. The number of nitrogens with two attached hydrogens (primary N) is 1. The first-order chi connectivity index (χ1) is 9.46. The molecular weight excluding hydrogens is 274 g/mol. The maximum atomic E-state index is 12.0. The average molecular weight is 294 g/mol. The highest BCUT2D eigenvalue weighted by Gasteiger charge is 2.15. The second-order valence-electron chi connectivity index (χ2n) is 5.29. The Morgan fingerprint density at radius 1 is 1.50 bits per heavy atom. The van der Waals surface area contributed by atoms with Gasteiger partial charge >= 0.3 is 0 Å². The zero-order valence-corrected chi connectivity index (χ0v) is 12.6. The summed E-state index contributed by atoms with van der Waals surface area (Å²) in [5.74, 6) is 0.535. The molecule has 0 saturated heterocycles. The molecule has 0 saturated carbocycles. The number of carbonyl (C=O) groups excluding carboxylic acids is 1. The van der Waals surface area contributed by atoms with Crippen LogP contribution in [0.3, 0.4) is 0 Å². The van der Waals surface area contributed by atoms with Crippen molar-refractivity contribution in [3.05, 3.63) is 28.8 Å². The fourth-order valence-corrected chi connectivity index (χ4v) is 2.25. The number of anilines is 1. The van der Waals surface area contributed by atoms with Crippen LogP contribution in [0.4, 0.5) is 5.69 Å². The highest BCUT2D eigenvalue weighted by molar-refractivity contribution is 6.33. The molecule has 0 aliphatic rings. The summed E-state index contributed by atoms with van der Waals surface area (Å²) >= 11 is 6.00. The Morgan fingerprint density at radius 3 is 2.75 bits per heavy atom. The SMILES string of the molecule is CC(C)CC(CN)CC(=O)Nc1cc(C#N)ccc1Cl. The topological polar surface area (TPSA) is 78.9 Å². The quantitative estimate of drug-likeness (QED) is 0.845. The lowest BCUT2D eigenvalue weighted by Gasteiger charge is -2.17. The molecule has 1 aromatic rings. The summed E-state index contributed by atoms with van der Waals surface area (Å²) in [5.41, 5.74) is 6.62. The first-order valence-corrected chi connectivity index (χ1v) is 7.03. The Labute approximate surface area is 124 Å². The van der Waals surface area contributed by atoms with Crippen LogP contribution >= 0.6 is 11.6 Å². The van der Waals surface area contributed by atoms with E-state index in [4.69, 9.17) is 22.6 Å². The van der Waals surface area contributed by atoms with Crippen LogP contribution in [-0.2, 0) is 4.79 Å². The van der Waals surface area contributed by atoms with Crippen LogP contribution in [0.5, 0.6) is 0 Å². The van der Waals surface area contributed by atoms with Crippen molar-refractivity contribution in [3.8, 4) is 6.07 Å². The molecule has 0 aromatic heterocycles. The molecule has 0 aliphatic heterocycles. The summed E-state index contributed by atoms with van der Waals surface area (Å²) < 4.78 is 0. The van der Waals surface area contributed by atoms with Crippen molar-refractivity contribution >= 4 is 23.2 Å². The van der Waals surface area contributed by atoms with E-state index in [0.717, 1.165) is 6.42 Å². The molecule has 1 rings (SSSR count). The van der Waals surface area contributed by atoms with Gasteiger partial charge in [0.05, 0.1) is 22.3 Å². The lowest BCUT2D eigenvalue weighted by molar-refractivity contribution is -0.117. The number of halogens is 1. The molecule has 0 heterocycles. The van der Waals surface area contributed by atoms with Gasteiger partial charge in [0.15, 0.2) is 0 Å². The maximum absolute atomic E-state index is 12.0. The summed E-state index contributed by atoms with van der Waals surface area (Å²) in [6.45, 7) is 4.69. The van der Waals surface area contributed by atoms with E-state index in [2.05, 4.69) is 19.2 Å². The van der Waals surface area contributed by atoms with E-state index in [0.29, 0.717) is 35.2 Å². The normalized spacial score (nSPS) is 12.0. The van der Waals surface area contributed by atoms with Gasteiger partial charge in [-0.2, -0.15) is 5.26 Å². The zero-order chi connectivity index (χ0) is 15.1. The summed E-state index contributed by atoms with van der Waals surface area (Å²) in [6, 6.07) is 6.80. The first-order valence-electron chi connectivity index (χ1n) is 6.65. The van der Waals surface area contributed by atoms with Crippen molar-refractivity contribution in [2.24, 2.45) is 17.6 Å². The Bertz CT molecular complexity index is 508. The molecule has 0 fully saturated rings. The fraction of sp³-hybridized carbons (Fsp3) is 0.467. The smallest absolute Gasteiger partial charge is 0.224 e. The predicted molar refractivity (Wildman–Crippen MR) is 81.4 cm³/mol. The largest absolute Gasteiger partial charge is 0.330 e. The predicted octanol–water partition coefficient (Wildman–Crippen LogP) is 3.16. The highest BCUT2D eigenvalue weighted by Crippen LogP contribution is 2.23. The minimum Gasteiger partial charge on any atom is -0.330 e. The molecule has 20 heavy (non-hydrogen) atoms. The molecule has 1 aromatic carbocycles. The molecule has 0 radical (unpaired) electrons. The molecule has 1 unspecified atom stereocenters. The van der Waals surface area contributed by atoms with Crippen molar-refractivity contribution < 1.29 is 4.79 Å². The van der Waals surface area contributed by atoms with E-state index in [1.807, 2.05) is 6.07 Å². The number of nitrogens with one attached hydrogen (secondary N) is 1. The second kappa shape index (κ2) is 7.88. The molecule has 4 nitrogen and oxygen atoms in total. The van der Waals surface area contributed by atoms with Crippen molar-refractivity contribution in [1.29, 1.82) is 5.26 Å². The van der Waals surface area contributed by atoms with Crippen molar-refractivity contribution in [1.82, 2.24) is 0 Å². The Morgan fingerprint density at radius 2 is 2.20 bits per heavy atom. The monoisotopic (exact) mass is 293 g/mol. The molecular formula is C15H20ClN3O. The van der Waals surface area contributed by atoms with Gasteiger partial charge in [0, 0.05) is 6.42 Å². The second-order valence-corrected chi connectivity index (χ2v) is 5.70. The van der Waals surface area contributed by atoms with Gasteiger partial charge in [-0.15, -0.1) is 0 Å². The Hall–Kier alpha value is -1.57. The molecule has 1 atom stereocenters. The minimum atomic E-state index is -0.127. The average Bonchev–Trinajstić information content (AvgIpc) is 2.40. The maximum Gasteiger partial charge on any atom is 0.224 e. The summed E-state index contributed by atoms with van der Waals surface area (Å²) in [5, 5.41) is 12.0. The van der Waals surface area contributed by atoms with E-state index in [-0.39, 0.29) is 11.8 Å². The number of nitrogens with zero attached hydrogens (tertiary/aromatic N) is 1. The zero-order valence-electron chi connectivity index (χ0n) is 11.8.